The van der Waals surface area contributed by atoms with E-state index in [0.29, 0.717) is 43.9 Å². The molecule has 2 aromatic carbocycles. The number of hydrogen-bond donors (Lipinski definition) is 0. The van der Waals surface area contributed by atoms with Gasteiger partial charge in [-0.15, -0.1) is 10.2 Å². The number of halogens is 3. The minimum absolute atomic E-state index is 0.313. The van der Waals surface area contributed by atoms with Crippen LogP contribution in [0.5, 0.6) is 0 Å². The van der Waals surface area contributed by atoms with Gasteiger partial charge in [-0.05, 0) is 54.6 Å². The summed E-state index contributed by atoms with van der Waals surface area (Å²) in [6, 6.07) is 15.1. The molecular weight excluding hydrogens is 484 g/mol. The Labute approximate surface area is 202 Å². The summed E-state index contributed by atoms with van der Waals surface area (Å²) in [5.74, 6) is 1.22. The van der Waals surface area contributed by atoms with Crippen molar-refractivity contribution in [2.45, 2.75) is 10.9 Å². The Bertz CT molecular complexity index is 1410. The minimum Gasteiger partial charge on any atom is -0.444 e. The average molecular weight is 498 g/mol. The molecule has 6 nitrogen and oxygen atoms in total. The van der Waals surface area contributed by atoms with E-state index >= 15 is 0 Å². The molecule has 0 saturated heterocycles. The summed E-state index contributed by atoms with van der Waals surface area (Å²) in [6.45, 7) is 0. The molecule has 5 aromatic rings. The molecule has 0 spiro atoms. The maximum atomic E-state index is 13.2. The average Bonchev–Trinajstić information content (AvgIpc) is 3.48. The lowest BCUT2D eigenvalue weighted by atomic mass is 10.2. The quantitative estimate of drug-likeness (QED) is 0.242. The summed E-state index contributed by atoms with van der Waals surface area (Å²) in [5, 5.41) is 10.3. The molecule has 0 aliphatic rings. The highest BCUT2D eigenvalue weighted by Gasteiger charge is 2.18. The smallest absolute Gasteiger partial charge is 0.226 e. The number of benzene rings is 2. The zero-order valence-corrected chi connectivity index (χ0v) is 19.2. The molecular formula is C23H14Cl2FN5OS. The van der Waals surface area contributed by atoms with Crippen LogP contribution in [-0.4, -0.2) is 24.7 Å². The van der Waals surface area contributed by atoms with E-state index in [1.54, 1.807) is 42.9 Å². The van der Waals surface area contributed by atoms with Crippen molar-refractivity contribution in [1.82, 2.24) is 24.7 Å². The van der Waals surface area contributed by atoms with Gasteiger partial charge in [-0.2, -0.15) is 0 Å². The first kappa shape index (κ1) is 21.6. The fraction of sp³-hybridized carbons (Fsp3) is 0.0435. The van der Waals surface area contributed by atoms with Crippen LogP contribution in [0.1, 0.15) is 5.69 Å². The molecule has 0 N–H and O–H groups in total. The van der Waals surface area contributed by atoms with Crippen molar-refractivity contribution in [3.63, 3.8) is 0 Å². The molecule has 10 heteroatoms. The Morgan fingerprint density at radius 1 is 0.970 bits per heavy atom. The van der Waals surface area contributed by atoms with Gasteiger partial charge in [-0.1, -0.05) is 35.0 Å². The van der Waals surface area contributed by atoms with Gasteiger partial charge in [0.25, 0.3) is 0 Å². The summed E-state index contributed by atoms with van der Waals surface area (Å²) in [4.78, 5) is 8.69. The van der Waals surface area contributed by atoms with Gasteiger partial charge in [0.1, 0.15) is 12.1 Å². The molecule has 3 heterocycles. The predicted molar refractivity (Wildman–Crippen MR) is 126 cm³/mol. The van der Waals surface area contributed by atoms with Crippen LogP contribution in [0.3, 0.4) is 0 Å². The van der Waals surface area contributed by atoms with Gasteiger partial charge in [0, 0.05) is 29.3 Å². The van der Waals surface area contributed by atoms with Crippen LogP contribution in [0.25, 0.3) is 28.5 Å². The van der Waals surface area contributed by atoms with E-state index in [0.717, 1.165) is 11.3 Å². The second-order valence-corrected chi connectivity index (χ2v) is 8.68. The van der Waals surface area contributed by atoms with E-state index in [1.165, 1.54) is 23.9 Å². The zero-order chi connectivity index (χ0) is 22.8. The molecule has 0 aliphatic carbocycles. The lowest BCUT2D eigenvalue weighted by molar-refractivity contribution is 0.573. The van der Waals surface area contributed by atoms with Gasteiger partial charge in [0.2, 0.25) is 5.89 Å². The van der Waals surface area contributed by atoms with Crippen LogP contribution >= 0.6 is 35.0 Å². The van der Waals surface area contributed by atoms with Gasteiger partial charge < -0.3 is 4.42 Å². The minimum atomic E-state index is -0.313. The summed E-state index contributed by atoms with van der Waals surface area (Å²) in [7, 11) is 0. The lowest BCUT2D eigenvalue weighted by Crippen LogP contribution is -2.00. The van der Waals surface area contributed by atoms with Gasteiger partial charge in [0.15, 0.2) is 11.0 Å². The molecule has 5 rings (SSSR count). The van der Waals surface area contributed by atoms with Crippen molar-refractivity contribution in [1.29, 1.82) is 0 Å². The van der Waals surface area contributed by atoms with Crippen molar-refractivity contribution >= 4 is 35.0 Å². The Balaban J connectivity index is 1.45. The summed E-state index contributed by atoms with van der Waals surface area (Å²) in [6.07, 6.45) is 5.00. The van der Waals surface area contributed by atoms with Crippen molar-refractivity contribution in [2.24, 2.45) is 0 Å². The Morgan fingerprint density at radius 2 is 1.82 bits per heavy atom. The van der Waals surface area contributed by atoms with Gasteiger partial charge in [0.05, 0.1) is 21.4 Å². The van der Waals surface area contributed by atoms with Gasteiger partial charge >= 0.3 is 0 Å². The van der Waals surface area contributed by atoms with Crippen LogP contribution in [-0.2, 0) is 5.75 Å². The van der Waals surface area contributed by atoms with Crippen LogP contribution in [0.2, 0.25) is 10.0 Å². The number of rotatable bonds is 6. The number of thioether (sulfide) groups is 1. The standard InChI is InChI=1S/C23H14Cl2FN5OS/c24-19-8-7-18(10-20(19)25)31-21(15-2-1-9-27-11-15)29-30-23(31)33-13-17-12-32-22(28-17)14-3-5-16(26)6-4-14/h1-12H,13H2. The predicted octanol–water partition coefficient (Wildman–Crippen LogP) is 6.72. The van der Waals surface area contributed by atoms with Crippen molar-refractivity contribution in [2.75, 3.05) is 0 Å². The first-order chi connectivity index (χ1) is 16.1. The van der Waals surface area contributed by atoms with Gasteiger partial charge in [-0.3, -0.25) is 9.55 Å². The molecule has 0 unspecified atom stereocenters. The Morgan fingerprint density at radius 3 is 2.58 bits per heavy atom. The van der Waals surface area contributed by atoms with Gasteiger partial charge in [-0.25, -0.2) is 9.37 Å². The van der Waals surface area contributed by atoms with Crippen molar-refractivity contribution < 1.29 is 8.81 Å². The van der Waals surface area contributed by atoms with Crippen LogP contribution < -0.4 is 0 Å². The second-order valence-electron chi connectivity index (χ2n) is 6.92. The lowest BCUT2D eigenvalue weighted by Gasteiger charge is -2.11. The van der Waals surface area contributed by atoms with Crippen LogP contribution in [0.4, 0.5) is 4.39 Å². The highest BCUT2D eigenvalue weighted by atomic mass is 35.5. The molecule has 164 valence electrons. The number of hydrogen-bond acceptors (Lipinski definition) is 6. The maximum Gasteiger partial charge on any atom is 0.226 e. The molecule has 3 aromatic heterocycles. The number of pyridine rings is 1. The summed E-state index contributed by atoms with van der Waals surface area (Å²) in [5.41, 5.74) is 2.99. The highest BCUT2D eigenvalue weighted by molar-refractivity contribution is 7.98. The fourth-order valence-corrected chi connectivity index (χ4v) is 4.26. The van der Waals surface area contributed by atoms with E-state index in [2.05, 4.69) is 20.2 Å². The first-order valence-electron chi connectivity index (χ1n) is 9.73. The van der Waals surface area contributed by atoms with Crippen LogP contribution in [0, 0.1) is 5.82 Å². The number of oxazole rings is 1. The van der Waals surface area contributed by atoms with E-state index < -0.39 is 0 Å². The largest absolute Gasteiger partial charge is 0.444 e. The van der Waals surface area contributed by atoms with E-state index in [1.807, 2.05) is 22.8 Å². The maximum absolute atomic E-state index is 13.2. The van der Waals surface area contributed by atoms with Crippen molar-refractivity contribution in [3.8, 4) is 28.5 Å². The summed E-state index contributed by atoms with van der Waals surface area (Å²) >= 11 is 13.8. The third-order valence-corrected chi connectivity index (χ3v) is 6.41. The third kappa shape index (κ3) is 4.64. The third-order valence-electron chi connectivity index (χ3n) is 4.71. The normalized spacial score (nSPS) is 11.1. The summed E-state index contributed by atoms with van der Waals surface area (Å²) < 4.78 is 20.6. The SMILES string of the molecule is Fc1ccc(-c2nc(CSc3nnc(-c4cccnc4)n3-c3ccc(Cl)c(Cl)c3)co2)cc1. The number of nitrogens with zero attached hydrogens (tertiary/aromatic N) is 5. The van der Waals surface area contributed by atoms with Crippen molar-refractivity contribution in [3.05, 3.63) is 94.8 Å². The topological polar surface area (TPSA) is 69.6 Å². The monoisotopic (exact) mass is 497 g/mol. The fourth-order valence-electron chi connectivity index (χ4n) is 3.14. The molecule has 0 atom stereocenters. The first-order valence-corrected chi connectivity index (χ1v) is 11.5. The Hall–Kier alpha value is -3.20. The molecule has 0 radical (unpaired) electrons. The second kappa shape index (κ2) is 9.35. The van der Waals surface area contributed by atoms with Crippen LogP contribution in [0.15, 0.2) is 82.8 Å². The molecule has 0 amide bonds. The molecule has 0 aliphatic heterocycles. The van der Waals surface area contributed by atoms with E-state index in [4.69, 9.17) is 27.6 Å². The van der Waals surface area contributed by atoms with E-state index in [9.17, 15) is 4.39 Å². The molecule has 33 heavy (non-hydrogen) atoms. The zero-order valence-electron chi connectivity index (χ0n) is 16.8. The molecule has 0 saturated carbocycles. The molecule has 0 fully saturated rings. The highest BCUT2D eigenvalue weighted by Crippen LogP contribution is 2.32. The molecule has 0 bridgehead atoms. The Kier molecular flexibility index (Phi) is 6.13. The van der Waals surface area contributed by atoms with E-state index in [-0.39, 0.29) is 5.82 Å². The number of aromatic nitrogens is 5.